The first-order valence-electron chi connectivity index (χ1n) is 5.59. The molecule has 0 saturated heterocycles. The second-order valence-electron chi connectivity index (χ2n) is 3.85. The molecular weight excluding hydrogens is 268 g/mol. The van der Waals surface area contributed by atoms with Crippen LogP contribution in [0.1, 0.15) is 22.3 Å². The van der Waals surface area contributed by atoms with Crippen LogP contribution in [0.15, 0.2) is 29.8 Å². The van der Waals surface area contributed by atoms with E-state index in [-0.39, 0.29) is 5.78 Å². The van der Waals surface area contributed by atoms with Crippen molar-refractivity contribution in [3.05, 3.63) is 45.4 Å². The molecule has 18 heavy (non-hydrogen) atoms. The maximum Gasteiger partial charge on any atom is 0.159 e. The number of nitrogens with zero attached hydrogens (tertiary/aromatic N) is 1. The molecule has 0 radical (unpaired) electrons. The van der Waals surface area contributed by atoms with E-state index in [4.69, 9.17) is 11.6 Å². The molecule has 3 nitrogen and oxygen atoms in total. The van der Waals surface area contributed by atoms with E-state index in [0.29, 0.717) is 10.6 Å². The quantitative estimate of drug-likeness (QED) is 0.850. The van der Waals surface area contributed by atoms with E-state index < -0.39 is 0 Å². The molecule has 94 valence electrons. The van der Waals surface area contributed by atoms with E-state index >= 15 is 0 Å². The number of halogens is 1. The highest BCUT2D eigenvalue weighted by Crippen LogP contribution is 2.23. The number of Topliss-reactive ketones (excluding diaryl/α,β-unsaturated/α-hetero) is 1. The van der Waals surface area contributed by atoms with Crippen molar-refractivity contribution in [3.8, 4) is 0 Å². The number of benzene rings is 1. The Balaban J connectivity index is 2.00. The van der Waals surface area contributed by atoms with Crippen molar-refractivity contribution in [3.63, 3.8) is 0 Å². The molecule has 0 spiro atoms. The van der Waals surface area contributed by atoms with Gasteiger partial charge in [0.1, 0.15) is 0 Å². The first-order chi connectivity index (χ1) is 8.66. The van der Waals surface area contributed by atoms with Gasteiger partial charge in [-0.15, -0.1) is 11.3 Å². The Bertz CT molecular complexity index is 540. The topological polar surface area (TPSA) is 42.0 Å². The minimum Gasteiger partial charge on any atom is -0.383 e. The molecule has 0 atom stereocenters. The molecule has 0 aliphatic carbocycles. The number of carbonyl (C=O) groups excluding carboxylic acids is 1. The highest BCUT2D eigenvalue weighted by atomic mass is 35.5. The Kier molecular flexibility index (Phi) is 4.33. The van der Waals surface area contributed by atoms with E-state index in [1.165, 1.54) is 0 Å². The highest BCUT2D eigenvalue weighted by Gasteiger charge is 2.05. The van der Waals surface area contributed by atoms with E-state index in [1.807, 2.05) is 5.38 Å². The lowest BCUT2D eigenvalue weighted by atomic mass is 10.1. The van der Waals surface area contributed by atoms with Crippen LogP contribution in [0.25, 0.3) is 0 Å². The molecule has 0 amide bonds. The van der Waals surface area contributed by atoms with Crippen LogP contribution in [0.2, 0.25) is 5.02 Å². The van der Waals surface area contributed by atoms with Crippen molar-refractivity contribution in [2.24, 2.45) is 0 Å². The summed E-state index contributed by atoms with van der Waals surface area (Å²) in [6.45, 7) is 2.29. The van der Waals surface area contributed by atoms with Crippen LogP contribution in [-0.4, -0.2) is 17.3 Å². The molecule has 1 aromatic carbocycles. The summed E-state index contributed by atoms with van der Waals surface area (Å²) in [4.78, 5) is 15.5. The van der Waals surface area contributed by atoms with Gasteiger partial charge in [-0.2, -0.15) is 0 Å². The number of rotatable bonds is 5. The molecule has 1 N–H and O–H groups in total. The largest absolute Gasteiger partial charge is 0.383 e. The van der Waals surface area contributed by atoms with E-state index in [1.54, 1.807) is 42.7 Å². The van der Waals surface area contributed by atoms with Crippen LogP contribution in [0.3, 0.4) is 0 Å². The summed E-state index contributed by atoms with van der Waals surface area (Å²) < 4.78 is 0. The molecule has 0 aliphatic rings. The summed E-state index contributed by atoms with van der Waals surface area (Å²) in [5, 5.41) is 6.89. The zero-order chi connectivity index (χ0) is 13.0. The third-order valence-corrected chi connectivity index (χ3v) is 3.68. The zero-order valence-electron chi connectivity index (χ0n) is 9.94. The lowest BCUT2D eigenvalue weighted by Gasteiger charge is -2.08. The minimum atomic E-state index is 0.0367. The molecular formula is C13H13ClN2OS. The molecule has 1 aromatic heterocycles. The molecule has 5 heteroatoms. The monoisotopic (exact) mass is 280 g/mol. The van der Waals surface area contributed by atoms with Crippen molar-refractivity contribution >= 4 is 34.4 Å². The van der Waals surface area contributed by atoms with Crippen LogP contribution in [-0.2, 0) is 6.42 Å². The Labute approximate surface area is 115 Å². The minimum absolute atomic E-state index is 0.0367. The third-order valence-electron chi connectivity index (χ3n) is 2.51. The number of hydrogen-bond donors (Lipinski definition) is 1. The Hall–Kier alpha value is -1.39. The van der Waals surface area contributed by atoms with Crippen molar-refractivity contribution in [2.75, 3.05) is 11.9 Å². The second-order valence-corrected chi connectivity index (χ2v) is 5.24. The first-order valence-corrected chi connectivity index (χ1v) is 6.85. The maximum atomic E-state index is 11.3. The number of ketones is 1. The molecule has 0 saturated carbocycles. The fraction of sp³-hybridized carbons (Fsp3) is 0.231. The van der Waals surface area contributed by atoms with Crippen LogP contribution >= 0.6 is 22.9 Å². The fourth-order valence-electron chi connectivity index (χ4n) is 1.56. The molecule has 0 unspecified atom stereocenters. The number of aromatic nitrogens is 1. The normalized spacial score (nSPS) is 10.3. The van der Waals surface area contributed by atoms with Gasteiger partial charge < -0.3 is 5.32 Å². The summed E-state index contributed by atoms with van der Waals surface area (Å²) in [7, 11) is 0. The molecule has 2 rings (SSSR count). The predicted octanol–water partition coefficient (Wildman–Crippen LogP) is 3.65. The number of thiazole rings is 1. The average Bonchev–Trinajstić information content (AvgIpc) is 2.84. The summed E-state index contributed by atoms with van der Waals surface area (Å²) in [6.07, 6.45) is 2.64. The molecule has 0 fully saturated rings. The molecule has 1 heterocycles. The first kappa shape index (κ1) is 13.1. The van der Waals surface area contributed by atoms with Gasteiger partial charge in [0.15, 0.2) is 5.78 Å². The number of nitrogens with one attached hydrogen (secondary N) is 1. The maximum absolute atomic E-state index is 11.3. The van der Waals surface area contributed by atoms with Crippen LogP contribution in [0.5, 0.6) is 0 Å². The lowest BCUT2D eigenvalue weighted by Crippen LogP contribution is -2.06. The fourth-order valence-corrected chi connectivity index (χ4v) is 2.37. The van der Waals surface area contributed by atoms with Gasteiger partial charge in [-0.1, -0.05) is 11.6 Å². The summed E-state index contributed by atoms with van der Waals surface area (Å²) in [5.41, 5.74) is 1.46. The number of anilines is 1. The van der Waals surface area contributed by atoms with E-state index in [0.717, 1.165) is 23.7 Å². The third kappa shape index (κ3) is 3.31. The Morgan fingerprint density at radius 1 is 1.50 bits per heavy atom. The van der Waals surface area contributed by atoms with Gasteiger partial charge >= 0.3 is 0 Å². The lowest BCUT2D eigenvalue weighted by molar-refractivity contribution is 0.101. The van der Waals surface area contributed by atoms with Crippen LogP contribution in [0.4, 0.5) is 5.69 Å². The number of hydrogen-bond acceptors (Lipinski definition) is 4. The predicted molar refractivity (Wildman–Crippen MR) is 75.8 cm³/mol. The molecule has 0 bridgehead atoms. The van der Waals surface area contributed by atoms with Crippen molar-refractivity contribution in [2.45, 2.75) is 13.3 Å². The van der Waals surface area contributed by atoms with Gasteiger partial charge in [-0.3, -0.25) is 4.79 Å². The molecule has 2 aromatic rings. The average molecular weight is 281 g/mol. The van der Waals surface area contributed by atoms with Crippen LogP contribution in [0, 0.1) is 0 Å². The van der Waals surface area contributed by atoms with Gasteiger partial charge in [0.05, 0.1) is 15.7 Å². The summed E-state index contributed by atoms with van der Waals surface area (Å²) in [6, 6.07) is 5.26. The van der Waals surface area contributed by atoms with E-state index in [9.17, 15) is 4.79 Å². The zero-order valence-corrected chi connectivity index (χ0v) is 11.5. The highest BCUT2D eigenvalue weighted by molar-refractivity contribution is 7.09. The Morgan fingerprint density at radius 3 is 3.00 bits per heavy atom. The van der Waals surface area contributed by atoms with Crippen molar-refractivity contribution < 1.29 is 4.79 Å². The summed E-state index contributed by atoms with van der Waals surface area (Å²) >= 11 is 7.71. The second kappa shape index (κ2) is 5.98. The van der Waals surface area contributed by atoms with Gasteiger partial charge in [-0.05, 0) is 25.1 Å². The van der Waals surface area contributed by atoms with Gasteiger partial charge in [0.2, 0.25) is 0 Å². The molecule has 0 aliphatic heterocycles. The van der Waals surface area contributed by atoms with Gasteiger partial charge in [0.25, 0.3) is 0 Å². The van der Waals surface area contributed by atoms with Gasteiger partial charge in [0, 0.05) is 30.1 Å². The summed E-state index contributed by atoms with van der Waals surface area (Å²) in [5.74, 6) is 0.0367. The van der Waals surface area contributed by atoms with Crippen LogP contribution < -0.4 is 5.32 Å². The smallest absolute Gasteiger partial charge is 0.159 e. The standard InChI is InChI=1S/C13H13ClN2OS/c1-9(17)10-2-3-11(14)12(8-10)15-5-4-13-16-6-7-18-13/h2-3,6-8,15H,4-5H2,1H3. The van der Waals surface area contributed by atoms with Crippen molar-refractivity contribution in [1.82, 2.24) is 4.98 Å². The van der Waals surface area contributed by atoms with E-state index in [2.05, 4.69) is 10.3 Å². The Morgan fingerprint density at radius 2 is 2.33 bits per heavy atom. The van der Waals surface area contributed by atoms with Gasteiger partial charge in [-0.25, -0.2) is 4.98 Å². The van der Waals surface area contributed by atoms with Crippen molar-refractivity contribution in [1.29, 1.82) is 0 Å². The number of carbonyl (C=O) groups is 1. The SMILES string of the molecule is CC(=O)c1ccc(Cl)c(NCCc2nccs2)c1.